The Balaban J connectivity index is 1.85. The molecule has 2 aromatic carbocycles. The van der Waals surface area contributed by atoms with Crippen LogP contribution in [0.2, 0.25) is 0 Å². The number of H-pyrrole nitrogens is 1. The van der Waals surface area contributed by atoms with Crippen LogP contribution in [0.15, 0.2) is 66.9 Å². The zero-order valence-corrected chi connectivity index (χ0v) is 10.3. The van der Waals surface area contributed by atoms with E-state index in [1.165, 1.54) is 0 Å². The number of nitrogens with one attached hydrogen (secondary N) is 1. The average Bonchev–Trinajstić information content (AvgIpc) is 2.93. The predicted molar refractivity (Wildman–Crippen MR) is 78.1 cm³/mol. The highest BCUT2D eigenvalue weighted by Gasteiger charge is 2.03. The summed E-state index contributed by atoms with van der Waals surface area (Å²) < 4.78 is 0. The fourth-order valence-electron chi connectivity index (χ4n) is 2.03. The predicted octanol–water partition coefficient (Wildman–Crippen LogP) is 4.06. The van der Waals surface area contributed by atoms with Gasteiger partial charge >= 0.3 is 0 Å². The van der Waals surface area contributed by atoms with Gasteiger partial charge in [-0.15, -0.1) is 0 Å². The number of hydrogen-bond donors (Lipinski definition) is 1. The van der Waals surface area contributed by atoms with Gasteiger partial charge in [0.1, 0.15) is 0 Å². The van der Waals surface area contributed by atoms with E-state index in [2.05, 4.69) is 4.98 Å². The molecule has 0 saturated carbocycles. The summed E-state index contributed by atoms with van der Waals surface area (Å²) >= 11 is 0. The molecule has 1 N–H and O–H groups in total. The summed E-state index contributed by atoms with van der Waals surface area (Å²) in [4.78, 5) is 15.2. The van der Waals surface area contributed by atoms with Crippen LogP contribution in [0, 0.1) is 0 Å². The number of rotatable bonds is 3. The van der Waals surface area contributed by atoms with Crippen LogP contribution in [0.5, 0.6) is 0 Å². The third-order valence-electron chi connectivity index (χ3n) is 3.07. The first-order valence-corrected chi connectivity index (χ1v) is 6.17. The highest BCUT2D eigenvalue weighted by Crippen LogP contribution is 2.15. The van der Waals surface area contributed by atoms with E-state index >= 15 is 0 Å². The fraction of sp³-hybridized carbons (Fsp3) is 0. The van der Waals surface area contributed by atoms with Crippen molar-refractivity contribution in [2.45, 2.75) is 0 Å². The summed E-state index contributed by atoms with van der Waals surface area (Å²) in [6.07, 6.45) is 5.32. The SMILES string of the molecule is O=C(/C=C/c1ccccc1)c1ccc2cc[nH]c2c1. The van der Waals surface area contributed by atoms with Crippen LogP contribution in [0.1, 0.15) is 15.9 Å². The Labute approximate surface area is 111 Å². The van der Waals surface area contributed by atoms with Crippen LogP contribution < -0.4 is 0 Å². The Hall–Kier alpha value is -2.61. The van der Waals surface area contributed by atoms with Crippen molar-refractivity contribution in [3.63, 3.8) is 0 Å². The maximum atomic E-state index is 12.1. The summed E-state index contributed by atoms with van der Waals surface area (Å²) in [6.45, 7) is 0. The van der Waals surface area contributed by atoms with E-state index in [9.17, 15) is 4.79 Å². The van der Waals surface area contributed by atoms with Gasteiger partial charge in [-0.3, -0.25) is 4.79 Å². The van der Waals surface area contributed by atoms with Crippen LogP contribution >= 0.6 is 0 Å². The van der Waals surface area contributed by atoms with Gasteiger partial charge in [0.15, 0.2) is 5.78 Å². The van der Waals surface area contributed by atoms with Gasteiger partial charge in [0, 0.05) is 17.3 Å². The smallest absolute Gasteiger partial charge is 0.185 e. The third-order valence-corrected chi connectivity index (χ3v) is 3.07. The number of carbonyl (C=O) groups excluding carboxylic acids is 1. The molecule has 92 valence electrons. The van der Waals surface area contributed by atoms with E-state index in [1.54, 1.807) is 6.08 Å². The number of aromatic nitrogens is 1. The molecule has 0 bridgehead atoms. The van der Waals surface area contributed by atoms with Gasteiger partial charge in [0.25, 0.3) is 0 Å². The molecule has 2 heteroatoms. The topological polar surface area (TPSA) is 32.9 Å². The molecule has 0 amide bonds. The molecule has 1 aromatic heterocycles. The number of carbonyl (C=O) groups is 1. The van der Waals surface area contributed by atoms with Gasteiger partial charge in [-0.1, -0.05) is 48.5 Å². The van der Waals surface area contributed by atoms with E-state index in [-0.39, 0.29) is 5.78 Å². The van der Waals surface area contributed by atoms with Crippen LogP contribution in [-0.4, -0.2) is 10.8 Å². The quantitative estimate of drug-likeness (QED) is 0.549. The normalized spacial score (nSPS) is 11.2. The van der Waals surface area contributed by atoms with Crippen molar-refractivity contribution in [2.75, 3.05) is 0 Å². The second kappa shape index (κ2) is 4.94. The summed E-state index contributed by atoms with van der Waals surface area (Å²) in [5, 5.41) is 1.11. The molecule has 19 heavy (non-hydrogen) atoms. The summed E-state index contributed by atoms with van der Waals surface area (Å²) in [5.74, 6) is 0.0142. The Kier molecular flexibility index (Phi) is 2.99. The second-order valence-electron chi connectivity index (χ2n) is 4.39. The highest BCUT2D eigenvalue weighted by atomic mass is 16.1. The van der Waals surface area contributed by atoms with Crippen molar-refractivity contribution in [2.24, 2.45) is 0 Å². The molecule has 0 aliphatic carbocycles. The Bertz CT molecular complexity index is 738. The molecule has 0 atom stereocenters. The highest BCUT2D eigenvalue weighted by molar-refractivity contribution is 6.08. The number of benzene rings is 2. The van der Waals surface area contributed by atoms with Gasteiger partial charge < -0.3 is 4.98 Å². The van der Waals surface area contributed by atoms with Crippen molar-refractivity contribution >= 4 is 22.8 Å². The first-order valence-electron chi connectivity index (χ1n) is 6.17. The lowest BCUT2D eigenvalue weighted by molar-refractivity contribution is 0.104. The lowest BCUT2D eigenvalue weighted by atomic mass is 10.1. The van der Waals surface area contributed by atoms with Crippen molar-refractivity contribution in [3.05, 3.63) is 78.0 Å². The number of aromatic amines is 1. The summed E-state index contributed by atoms with van der Waals surface area (Å²) in [6, 6.07) is 17.5. The molecule has 0 unspecified atom stereocenters. The van der Waals surface area contributed by atoms with Gasteiger partial charge in [0.05, 0.1) is 0 Å². The maximum Gasteiger partial charge on any atom is 0.185 e. The number of allylic oxidation sites excluding steroid dienone is 1. The molecule has 3 rings (SSSR count). The van der Waals surface area contributed by atoms with Gasteiger partial charge in [-0.2, -0.15) is 0 Å². The van der Waals surface area contributed by atoms with E-state index < -0.39 is 0 Å². The van der Waals surface area contributed by atoms with Crippen molar-refractivity contribution in [1.29, 1.82) is 0 Å². The lowest BCUT2D eigenvalue weighted by Gasteiger charge is -1.97. The first-order chi connectivity index (χ1) is 9.33. The Morgan fingerprint density at radius 3 is 2.68 bits per heavy atom. The number of fused-ring (bicyclic) bond motifs is 1. The molecule has 3 aromatic rings. The van der Waals surface area contributed by atoms with Crippen molar-refractivity contribution in [1.82, 2.24) is 4.98 Å². The van der Waals surface area contributed by atoms with Crippen LogP contribution in [-0.2, 0) is 0 Å². The summed E-state index contributed by atoms with van der Waals surface area (Å²) in [7, 11) is 0. The van der Waals surface area contributed by atoms with E-state index in [0.29, 0.717) is 5.56 Å². The monoisotopic (exact) mass is 247 g/mol. The molecule has 0 radical (unpaired) electrons. The van der Waals surface area contributed by atoms with E-state index in [4.69, 9.17) is 0 Å². The zero-order valence-electron chi connectivity index (χ0n) is 10.3. The molecule has 0 spiro atoms. The molecule has 2 nitrogen and oxygen atoms in total. The molecular formula is C17H13NO. The van der Waals surface area contributed by atoms with Gasteiger partial charge in [-0.25, -0.2) is 0 Å². The second-order valence-corrected chi connectivity index (χ2v) is 4.39. The Morgan fingerprint density at radius 1 is 1.00 bits per heavy atom. The molecule has 0 saturated heterocycles. The lowest BCUT2D eigenvalue weighted by Crippen LogP contribution is -1.93. The minimum atomic E-state index is 0.0142. The average molecular weight is 247 g/mol. The van der Waals surface area contributed by atoms with E-state index in [1.807, 2.05) is 66.9 Å². The standard InChI is InChI=1S/C17H13NO/c19-17(9-6-13-4-2-1-3-5-13)15-8-7-14-10-11-18-16(14)12-15/h1-12,18H/b9-6+. The largest absolute Gasteiger partial charge is 0.361 e. The van der Waals surface area contributed by atoms with Crippen molar-refractivity contribution < 1.29 is 4.79 Å². The zero-order chi connectivity index (χ0) is 13.1. The minimum absolute atomic E-state index is 0.0142. The first kappa shape index (κ1) is 11.5. The Morgan fingerprint density at radius 2 is 1.84 bits per heavy atom. The van der Waals surface area contributed by atoms with Gasteiger partial charge in [-0.05, 0) is 29.2 Å². The number of ketones is 1. The molecule has 0 aliphatic heterocycles. The maximum absolute atomic E-state index is 12.1. The molecular weight excluding hydrogens is 234 g/mol. The van der Waals surface area contributed by atoms with Gasteiger partial charge in [0.2, 0.25) is 0 Å². The third kappa shape index (κ3) is 2.47. The summed E-state index contributed by atoms with van der Waals surface area (Å²) in [5.41, 5.74) is 2.71. The minimum Gasteiger partial charge on any atom is -0.361 e. The number of hydrogen-bond acceptors (Lipinski definition) is 1. The van der Waals surface area contributed by atoms with E-state index in [0.717, 1.165) is 16.5 Å². The van der Waals surface area contributed by atoms with Crippen molar-refractivity contribution in [3.8, 4) is 0 Å². The molecule has 0 fully saturated rings. The molecule has 1 heterocycles. The molecule has 0 aliphatic rings. The van der Waals surface area contributed by atoms with Crippen LogP contribution in [0.4, 0.5) is 0 Å². The van der Waals surface area contributed by atoms with Crippen LogP contribution in [0.3, 0.4) is 0 Å². The van der Waals surface area contributed by atoms with Crippen LogP contribution in [0.25, 0.3) is 17.0 Å². The fourth-order valence-corrected chi connectivity index (χ4v) is 2.03.